The predicted octanol–water partition coefficient (Wildman–Crippen LogP) is 5.74. The minimum atomic E-state index is -4.46. The second kappa shape index (κ2) is 5.96. The van der Waals surface area contributed by atoms with Crippen molar-refractivity contribution >= 4 is 38.9 Å². The Morgan fingerprint density at radius 2 is 1.81 bits per heavy atom. The first kappa shape index (κ1) is 15.7. The van der Waals surface area contributed by atoms with Gasteiger partial charge in [0.15, 0.2) is 0 Å². The molecule has 0 unspecified atom stereocenters. The molecule has 2 aromatic rings. The van der Waals surface area contributed by atoms with Gasteiger partial charge in [-0.25, -0.2) is 0 Å². The fraction of sp³-hybridized carbons (Fsp3) is 0.0714. The molecule has 0 saturated heterocycles. The van der Waals surface area contributed by atoms with Crippen LogP contribution in [0.3, 0.4) is 0 Å². The summed E-state index contributed by atoms with van der Waals surface area (Å²) in [6.07, 6.45) is -4.46. The Bertz CT molecular complexity index is 723. The molecule has 0 bridgehead atoms. The molecule has 0 fully saturated rings. The van der Waals surface area contributed by atoms with Crippen LogP contribution in [0, 0.1) is 11.3 Å². The molecule has 0 amide bonds. The number of rotatable bonds is 2. The molecule has 0 heterocycles. The molecule has 0 saturated carbocycles. The Kier molecular flexibility index (Phi) is 4.45. The van der Waals surface area contributed by atoms with E-state index < -0.39 is 11.7 Å². The molecule has 2 aromatic carbocycles. The smallest absolute Gasteiger partial charge is 0.353 e. The average Bonchev–Trinajstić information content (AvgIpc) is 2.40. The predicted molar refractivity (Wildman–Crippen MR) is 78.6 cm³/mol. The van der Waals surface area contributed by atoms with Crippen LogP contribution in [0.15, 0.2) is 40.9 Å². The second-order valence-corrected chi connectivity index (χ2v) is 5.44. The summed E-state index contributed by atoms with van der Waals surface area (Å²) in [6, 6.07) is 9.74. The lowest BCUT2D eigenvalue weighted by Crippen LogP contribution is -2.05. The molecule has 0 atom stereocenters. The van der Waals surface area contributed by atoms with Gasteiger partial charge in [0.05, 0.1) is 27.5 Å². The molecular formula is C14H7BrClF3N2. The maximum atomic E-state index is 12.7. The van der Waals surface area contributed by atoms with Gasteiger partial charge in [0.1, 0.15) is 6.07 Å². The third kappa shape index (κ3) is 3.69. The zero-order valence-corrected chi connectivity index (χ0v) is 12.6. The van der Waals surface area contributed by atoms with E-state index in [9.17, 15) is 13.2 Å². The molecule has 1 N–H and O–H groups in total. The van der Waals surface area contributed by atoms with E-state index in [1.54, 1.807) is 18.2 Å². The van der Waals surface area contributed by atoms with Crippen LogP contribution in [0.1, 0.15) is 11.1 Å². The Labute approximate surface area is 132 Å². The summed E-state index contributed by atoms with van der Waals surface area (Å²) in [6.45, 7) is 0. The van der Waals surface area contributed by atoms with Crippen molar-refractivity contribution in [2.24, 2.45) is 0 Å². The van der Waals surface area contributed by atoms with Crippen molar-refractivity contribution in [3.63, 3.8) is 0 Å². The van der Waals surface area contributed by atoms with E-state index in [-0.39, 0.29) is 10.7 Å². The average molecular weight is 376 g/mol. The number of nitrogens with one attached hydrogen (secondary N) is 1. The van der Waals surface area contributed by atoms with Gasteiger partial charge in [0.25, 0.3) is 0 Å². The highest BCUT2D eigenvalue weighted by molar-refractivity contribution is 9.10. The quantitative estimate of drug-likeness (QED) is 0.727. The largest absolute Gasteiger partial charge is 0.416 e. The number of nitriles is 1. The van der Waals surface area contributed by atoms with Gasteiger partial charge in [-0.3, -0.25) is 0 Å². The normalized spacial score (nSPS) is 11.0. The first-order valence-electron chi connectivity index (χ1n) is 5.64. The molecule has 108 valence electrons. The topological polar surface area (TPSA) is 35.8 Å². The van der Waals surface area contributed by atoms with Crippen molar-refractivity contribution in [2.45, 2.75) is 6.18 Å². The third-order valence-electron chi connectivity index (χ3n) is 2.67. The van der Waals surface area contributed by atoms with Gasteiger partial charge in [-0.2, -0.15) is 18.4 Å². The Balaban J connectivity index is 2.45. The number of halogens is 5. The second-order valence-electron chi connectivity index (χ2n) is 4.12. The number of hydrogen-bond donors (Lipinski definition) is 1. The number of hydrogen-bond acceptors (Lipinski definition) is 2. The van der Waals surface area contributed by atoms with Crippen LogP contribution in [-0.2, 0) is 6.18 Å². The van der Waals surface area contributed by atoms with E-state index in [1.807, 2.05) is 6.07 Å². The van der Waals surface area contributed by atoms with Gasteiger partial charge in [-0.05, 0) is 36.4 Å². The zero-order chi connectivity index (χ0) is 15.6. The van der Waals surface area contributed by atoms with Crippen LogP contribution in [-0.4, -0.2) is 0 Å². The van der Waals surface area contributed by atoms with Crippen molar-refractivity contribution in [1.29, 1.82) is 5.26 Å². The fourth-order valence-electron chi connectivity index (χ4n) is 1.66. The Morgan fingerprint density at radius 3 is 2.43 bits per heavy atom. The Morgan fingerprint density at radius 1 is 1.10 bits per heavy atom. The summed E-state index contributed by atoms with van der Waals surface area (Å²) < 4.78 is 38.8. The van der Waals surface area contributed by atoms with Gasteiger partial charge >= 0.3 is 6.18 Å². The van der Waals surface area contributed by atoms with E-state index in [1.165, 1.54) is 0 Å². The number of nitrogens with zero attached hydrogens (tertiary/aromatic N) is 1. The summed E-state index contributed by atoms with van der Waals surface area (Å²) in [7, 11) is 0. The fourth-order valence-corrected chi connectivity index (χ4v) is 2.19. The number of benzene rings is 2. The van der Waals surface area contributed by atoms with Crippen LogP contribution in [0.2, 0.25) is 5.02 Å². The molecule has 0 radical (unpaired) electrons. The minimum absolute atomic E-state index is 0.0843. The summed E-state index contributed by atoms with van der Waals surface area (Å²) in [5, 5.41) is 11.9. The highest BCUT2D eigenvalue weighted by Gasteiger charge is 2.31. The van der Waals surface area contributed by atoms with Gasteiger partial charge < -0.3 is 5.32 Å². The molecule has 0 aromatic heterocycles. The highest BCUT2D eigenvalue weighted by atomic mass is 79.9. The molecule has 0 aliphatic rings. The first-order valence-corrected chi connectivity index (χ1v) is 6.82. The molecule has 0 spiro atoms. The van der Waals surface area contributed by atoms with Crippen LogP contribution >= 0.6 is 27.5 Å². The minimum Gasteiger partial charge on any atom is -0.353 e. The van der Waals surface area contributed by atoms with Crippen LogP contribution < -0.4 is 5.32 Å². The molecule has 2 nitrogen and oxygen atoms in total. The lowest BCUT2D eigenvalue weighted by molar-refractivity contribution is -0.137. The number of anilines is 2. The van der Waals surface area contributed by atoms with Gasteiger partial charge in [-0.15, -0.1) is 0 Å². The van der Waals surface area contributed by atoms with Crippen molar-refractivity contribution in [1.82, 2.24) is 0 Å². The lowest BCUT2D eigenvalue weighted by Gasteiger charge is -2.13. The molecule has 2 rings (SSSR count). The third-order valence-corrected chi connectivity index (χ3v) is 3.49. The molecule has 0 aliphatic carbocycles. The standard InChI is InChI=1S/C14H7BrClF3N2/c15-10-3-1-8(7-20)12(6-10)21-13-5-9(14(17,18)19)2-4-11(13)16/h1-6,21H. The highest BCUT2D eigenvalue weighted by Crippen LogP contribution is 2.35. The monoisotopic (exact) mass is 374 g/mol. The van der Waals surface area contributed by atoms with E-state index in [2.05, 4.69) is 21.2 Å². The summed E-state index contributed by atoms with van der Waals surface area (Å²) >= 11 is 9.15. The molecule has 7 heteroatoms. The van der Waals surface area contributed by atoms with Crippen molar-refractivity contribution in [2.75, 3.05) is 5.32 Å². The van der Waals surface area contributed by atoms with E-state index >= 15 is 0 Å². The molecule has 21 heavy (non-hydrogen) atoms. The van der Waals surface area contributed by atoms with Gasteiger partial charge in [0.2, 0.25) is 0 Å². The zero-order valence-electron chi connectivity index (χ0n) is 10.3. The summed E-state index contributed by atoms with van der Waals surface area (Å²) in [5.41, 5.74) is -0.0659. The van der Waals surface area contributed by atoms with E-state index in [0.717, 1.165) is 18.2 Å². The van der Waals surface area contributed by atoms with Crippen LogP contribution in [0.5, 0.6) is 0 Å². The lowest BCUT2D eigenvalue weighted by atomic mass is 10.1. The Hall–Kier alpha value is -1.71. The SMILES string of the molecule is N#Cc1ccc(Br)cc1Nc1cc(C(F)(F)F)ccc1Cl. The molecular weight excluding hydrogens is 369 g/mol. The maximum absolute atomic E-state index is 12.7. The first-order chi connectivity index (χ1) is 9.81. The van der Waals surface area contributed by atoms with Crippen LogP contribution in [0.25, 0.3) is 0 Å². The molecule has 0 aliphatic heterocycles. The van der Waals surface area contributed by atoms with E-state index in [0.29, 0.717) is 15.7 Å². The van der Waals surface area contributed by atoms with Crippen molar-refractivity contribution < 1.29 is 13.2 Å². The summed E-state index contributed by atoms with van der Waals surface area (Å²) in [5.74, 6) is 0. The van der Waals surface area contributed by atoms with E-state index in [4.69, 9.17) is 16.9 Å². The van der Waals surface area contributed by atoms with Crippen molar-refractivity contribution in [3.8, 4) is 6.07 Å². The van der Waals surface area contributed by atoms with Crippen LogP contribution in [0.4, 0.5) is 24.5 Å². The van der Waals surface area contributed by atoms with Gasteiger partial charge in [-0.1, -0.05) is 27.5 Å². The van der Waals surface area contributed by atoms with Gasteiger partial charge in [0, 0.05) is 4.47 Å². The summed E-state index contributed by atoms with van der Waals surface area (Å²) in [4.78, 5) is 0. The van der Waals surface area contributed by atoms with Crippen molar-refractivity contribution in [3.05, 3.63) is 57.0 Å². The maximum Gasteiger partial charge on any atom is 0.416 e. The number of alkyl halides is 3.